The predicted molar refractivity (Wildman–Crippen MR) is 92.5 cm³/mol. The van der Waals surface area contributed by atoms with E-state index in [1.165, 1.54) is 12.1 Å². The quantitative estimate of drug-likeness (QED) is 0.705. The normalized spacial score (nSPS) is 10.5. The molecule has 0 radical (unpaired) electrons. The molecule has 1 N–H and O–H groups in total. The van der Waals surface area contributed by atoms with Crippen LogP contribution in [0.5, 0.6) is 11.5 Å². The van der Waals surface area contributed by atoms with E-state index in [0.717, 1.165) is 17.7 Å². The minimum absolute atomic E-state index is 0.0777. The monoisotopic (exact) mass is 357 g/mol. The van der Waals surface area contributed by atoms with Crippen LogP contribution in [-0.2, 0) is 6.54 Å². The van der Waals surface area contributed by atoms with E-state index in [1.807, 2.05) is 19.1 Å². The molecule has 0 aliphatic heterocycles. The van der Waals surface area contributed by atoms with Crippen molar-refractivity contribution >= 4 is 28.9 Å². The van der Waals surface area contributed by atoms with Crippen LogP contribution in [0.1, 0.15) is 18.9 Å². The third-order valence-corrected chi connectivity index (χ3v) is 3.73. The number of methoxy groups -OCH3 is 1. The van der Waals surface area contributed by atoms with Gasteiger partial charge in [-0.2, -0.15) is 0 Å². The van der Waals surface area contributed by atoms with E-state index < -0.39 is 5.82 Å². The summed E-state index contributed by atoms with van der Waals surface area (Å²) in [6.45, 7) is 3.08. The van der Waals surface area contributed by atoms with E-state index in [-0.39, 0.29) is 5.02 Å². The second-order valence-electron chi connectivity index (χ2n) is 4.94. The molecular weight excluding hydrogens is 340 g/mol. The standard InChI is InChI=1S/C17H18Cl2FNO2/c1-3-6-23-17-14(19)7-11(8-16(17)22-2)10-21-12-4-5-15(20)13(18)9-12/h4-5,7-9,21H,3,6,10H2,1-2H3. The Balaban J connectivity index is 2.13. The lowest BCUT2D eigenvalue weighted by molar-refractivity contribution is 0.294. The third kappa shape index (κ3) is 4.66. The summed E-state index contributed by atoms with van der Waals surface area (Å²) in [5.41, 5.74) is 1.63. The molecule has 0 heterocycles. The molecular formula is C17H18Cl2FNO2. The summed E-state index contributed by atoms with van der Waals surface area (Å²) in [7, 11) is 1.57. The highest BCUT2D eigenvalue weighted by molar-refractivity contribution is 6.32. The number of nitrogens with one attached hydrogen (secondary N) is 1. The molecule has 0 aromatic heterocycles. The number of rotatable bonds is 7. The molecule has 0 bridgehead atoms. The van der Waals surface area contributed by atoms with Crippen LogP contribution in [-0.4, -0.2) is 13.7 Å². The van der Waals surface area contributed by atoms with Crippen LogP contribution in [0.25, 0.3) is 0 Å². The Hall–Kier alpha value is -1.65. The fourth-order valence-electron chi connectivity index (χ4n) is 2.03. The molecule has 0 spiro atoms. The summed E-state index contributed by atoms with van der Waals surface area (Å²) in [5, 5.41) is 3.73. The number of anilines is 1. The molecule has 2 rings (SSSR count). The Morgan fingerprint density at radius 2 is 1.91 bits per heavy atom. The Bertz CT molecular complexity index is 680. The molecule has 2 aromatic rings. The van der Waals surface area contributed by atoms with Gasteiger partial charge in [0, 0.05) is 12.2 Å². The van der Waals surface area contributed by atoms with Gasteiger partial charge >= 0.3 is 0 Å². The van der Waals surface area contributed by atoms with Crippen molar-refractivity contribution in [2.45, 2.75) is 19.9 Å². The van der Waals surface area contributed by atoms with Crippen LogP contribution in [0.4, 0.5) is 10.1 Å². The first-order valence-electron chi connectivity index (χ1n) is 7.23. The molecule has 3 nitrogen and oxygen atoms in total. The van der Waals surface area contributed by atoms with E-state index in [2.05, 4.69) is 5.32 Å². The molecule has 6 heteroatoms. The van der Waals surface area contributed by atoms with Gasteiger partial charge in [0.1, 0.15) is 5.82 Å². The van der Waals surface area contributed by atoms with Crippen LogP contribution in [0.2, 0.25) is 10.0 Å². The lowest BCUT2D eigenvalue weighted by Gasteiger charge is -2.14. The molecule has 23 heavy (non-hydrogen) atoms. The summed E-state index contributed by atoms with van der Waals surface area (Å²) in [5.74, 6) is 0.684. The minimum Gasteiger partial charge on any atom is -0.493 e. The number of hydrogen-bond acceptors (Lipinski definition) is 3. The first kappa shape index (κ1) is 17.7. The maximum Gasteiger partial charge on any atom is 0.179 e. The highest BCUT2D eigenvalue weighted by Gasteiger charge is 2.12. The van der Waals surface area contributed by atoms with Gasteiger partial charge in [-0.25, -0.2) is 4.39 Å². The second-order valence-corrected chi connectivity index (χ2v) is 5.75. The summed E-state index contributed by atoms with van der Waals surface area (Å²) >= 11 is 12.0. The highest BCUT2D eigenvalue weighted by Crippen LogP contribution is 2.36. The molecule has 2 aromatic carbocycles. The molecule has 0 aliphatic carbocycles. The van der Waals surface area contributed by atoms with Crippen molar-refractivity contribution in [1.29, 1.82) is 0 Å². The Labute approximate surface area is 145 Å². The van der Waals surface area contributed by atoms with Gasteiger partial charge in [-0.1, -0.05) is 30.1 Å². The van der Waals surface area contributed by atoms with Gasteiger partial charge in [-0.05, 0) is 42.3 Å². The summed E-state index contributed by atoms with van der Waals surface area (Å²) in [6.07, 6.45) is 0.883. The Kier molecular flexibility index (Phi) is 6.37. The van der Waals surface area contributed by atoms with Crippen molar-refractivity contribution in [3.8, 4) is 11.5 Å². The topological polar surface area (TPSA) is 30.5 Å². The van der Waals surface area contributed by atoms with E-state index in [1.54, 1.807) is 13.2 Å². The maximum absolute atomic E-state index is 13.2. The first-order valence-corrected chi connectivity index (χ1v) is 7.98. The van der Waals surface area contributed by atoms with Gasteiger partial charge in [-0.15, -0.1) is 0 Å². The van der Waals surface area contributed by atoms with Crippen molar-refractivity contribution in [1.82, 2.24) is 0 Å². The van der Waals surface area contributed by atoms with Crippen LogP contribution >= 0.6 is 23.2 Å². The third-order valence-electron chi connectivity index (χ3n) is 3.16. The van der Waals surface area contributed by atoms with Gasteiger partial charge in [0.25, 0.3) is 0 Å². The van der Waals surface area contributed by atoms with Crippen LogP contribution in [0, 0.1) is 5.82 Å². The van der Waals surface area contributed by atoms with E-state index in [0.29, 0.717) is 29.7 Å². The van der Waals surface area contributed by atoms with Gasteiger partial charge in [0.15, 0.2) is 11.5 Å². The van der Waals surface area contributed by atoms with E-state index in [4.69, 9.17) is 32.7 Å². The first-order chi connectivity index (χ1) is 11.0. The lowest BCUT2D eigenvalue weighted by Crippen LogP contribution is -2.03. The highest BCUT2D eigenvalue weighted by atomic mass is 35.5. The number of benzene rings is 2. The molecule has 0 fully saturated rings. The van der Waals surface area contributed by atoms with Crippen molar-refractivity contribution in [3.05, 3.63) is 51.8 Å². The Morgan fingerprint density at radius 1 is 1.13 bits per heavy atom. The van der Waals surface area contributed by atoms with E-state index >= 15 is 0 Å². The number of ether oxygens (including phenoxy) is 2. The van der Waals surface area contributed by atoms with Crippen molar-refractivity contribution in [2.24, 2.45) is 0 Å². The molecule has 0 amide bonds. The maximum atomic E-state index is 13.2. The molecule has 0 saturated heterocycles. The van der Waals surface area contributed by atoms with Crippen LogP contribution < -0.4 is 14.8 Å². The smallest absolute Gasteiger partial charge is 0.179 e. The zero-order valence-corrected chi connectivity index (χ0v) is 14.5. The lowest BCUT2D eigenvalue weighted by atomic mass is 10.2. The molecule has 0 saturated carbocycles. The summed E-state index contributed by atoms with van der Waals surface area (Å²) in [6, 6.07) is 8.15. The summed E-state index contributed by atoms with van der Waals surface area (Å²) in [4.78, 5) is 0. The van der Waals surface area contributed by atoms with Gasteiger partial charge in [0.2, 0.25) is 0 Å². The van der Waals surface area contributed by atoms with Crippen molar-refractivity contribution in [2.75, 3.05) is 19.0 Å². The Morgan fingerprint density at radius 3 is 2.57 bits per heavy atom. The van der Waals surface area contributed by atoms with Crippen molar-refractivity contribution in [3.63, 3.8) is 0 Å². The van der Waals surface area contributed by atoms with Gasteiger partial charge < -0.3 is 14.8 Å². The van der Waals surface area contributed by atoms with Crippen LogP contribution in [0.15, 0.2) is 30.3 Å². The summed E-state index contributed by atoms with van der Waals surface area (Å²) < 4.78 is 24.1. The number of hydrogen-bond donors (Lipinski definition) is 1. The van der Waals surface area contributed by atoms with E-state index in [9.17, 15) is 4.39 Å². The zero-order valence-electron chi connectivity index (χ0n) is 13.0. The second kappa shape index (κ2) is 8.27. The molecule has 0 unspecified atom stereocenters. The van der Waals surface area contributed by atoms with Crippen molar-refractivity contribution < 1.29 is 13.9 Å². The SMILES string of the molecule is CCCOc1c(Cl)cc(CNc2ccc(F)c(Cl)c2)cc1OC. The molecule has 0 aliphatic rings. The molecule has 0 atom stereocenters. The van der Waals surface area contributed by atoms with Crippen LogP contribution in [0.3, 0.4) is 0 Å². The minimum atomic E-state index is -0.445. The van der Waals surface area contributed by atoms with Gasteiger partial charge in [-0.3, -0.25) is 0 Å². The number of halogens is 3. The fraction of sp³-hybridized carbons (Fsp3) is 0.294. The fourth-order valence-corrected chi connectivity index (χ4v) is 2.50. The average Bonchev–Trinajstić information content (AvgIpc) is 2.54. The molecule has 124 valence electrons. The predicted octanol–water partition coefficient (Wildman–Crippen LogP) is 5.54. The zero-order chi connectivity index (χ0) is 16.8. The van der Waals surface area contributed by atoms with Gasteiger partial charge in [0.05, 0.1) is 23.8 Å². The average molecular weight is 358 g/mol. The largest absolute Gasteiger partial charge is 0.493 e.